The minimum Gasteiger partial charge on any atom is -0.508 e. The Kier molecular flexibility index (Phi) is 7.06. The highest BCUT2D eigenvalue weighted by atomic mass is 16.5. The smallest absolute Gasteiger partial charge is 0.324 e. The third kappa shape index (κ3) is 5.93. The number of benzene rings is 4. The fraction of sp³-hybridized carbons (Fsp3) is 0.0323. The van der Waals surface area contributed by atoms with Crippen molar-refractivity contribution in [2.24, 2.45) is 0 Å². The lowest BCUT2D eigenvalue weighted by molar-refractivity contribution is 0.262. The Bertz CT molecular complexity index is 1960. The van der Waals surface area contributed by atoms with Gasteiger partial charge in [-0.05, 0) is 43.3 Å². The standard InChI is InChI=1S/C31H25N7O5/c1-18-6-8-19(9-7-18)38-27(17-28(41)37-38)35-31(42)34-23-12-13-26(22-5-3-2-4-21(22)23)43-29-14-15-32-30(36-29)33-24-11-10-20(39)16-25(24)40/h2-17,39-40H,1H3,(H,37,41)(H,32,33,36)(H2,34,35,42). The number of nitrogens with one attached hydrogen (secondary N) is 3. The fourth-order valence-electron chi connectivity index (χ4n) is 4.40. The maximum atomic E-state index is 13.0. The predicted molar refractivity (Wildman–Crippen MR) is 162 cm³/mol. The first kappa shape index (κ1) is 26.9. The number of phenols is 2. The van der Waals surface area contributed by atoms with Crippen LogP contribution in [0.4, 0.5) is 27.9 Å². The van der Waals surface area contributed by atoms with Crippen molar-refractivity contribution in [3.05, 3.63) is 103 Å². The summed E-state index contributed by atoms with van der Waals surface area (Å²) in [6.07, 6.45) is 1.50. The molecule has 4 aromatic carbocycles. The lowest BCUT2D eigenvalue weighted by atomic mass is 10.1. The molecule has 43 heavy (non-hydrogen) atoms. The van der Waals surface area contributed by atoms with Crippen LogP contribution in [0.15, 0.2) is 97.2 Å². The third-order valence-electron chi connectivity index (χ3n) is 6.42. The first-order valence-corrected chi connectivity index (χ1v) is 13.1. The van der Waals surface area contributed by atoms with E-state index in [2.05, 4.69) is 31.0 Å². The number of urea groups is 1. The predicted octanol–water partition coefficient (Wildman–Crippen LogP) is 6.42. The van der Waals surface area contributed by atoms with Crippen LogP contribution in [-0.2, 0) is 0 Å². The third-order valence-corrected chi connectivity index (χ3v) is 6.42. The average molecular weight is 576 g/mol. The monoisotopic (exact) mass is 575 g/mol. The second-order valence-electron chi connectivity index (χ2n) is 9.52. The Morgan fingerprint density at radius 1 is 0.837 bits per heavy atom. The average Bonchev–Trinajstić information content (AvgIpc) is 3.36. The van der Waals surface area contributed by atoms with Crippen molar-refractivity contribution in [2.75, 3.05) is 16.0 Å². The summed E-state index contributed by atoms with van der Waals surface area (Å²) >= 11 is 0. The molecule has 0 aliphatic carbocycles. The van der Waals surface area contributed by atoms with Gasteiger partial charge in [0.25, 0.3) is 0 Å². The van der Waals surface area contributed by atoms with Gasteiger partial charge in [0.15, 0.2) is 0 Å². The van der Waals surface area contributed by atoms with E-state index in [9.17, 15) is 20.1 Å². The molecular formula is C31H25N7O5. The molecule has 0 radical (unpaired) electrons. The zero-order valence-corrected chi connectivity index (χ0v) is 22.7. The van der Waals surface area contributed by atoms with Gasteiger partial charge in [-0.15, -0.1) is 5.10 Å². The highest BCUT2D eigenvalue weighted by Gasteiger charge is 2.15. The zero-order valence-electron chi connectivity index (χ0n) is 22.7. The fourth-order valence-corrected chi connectivity index (χ4v) is 4.40. The second kappa shape index (κ2) is 11.3. The topological polar surface area (TPSA) is 167 Å². The summed E-state index contributed by atoms with van der Waals surface area (Å²) in [6.45, 7) is 1.96. The number of hydrogen-bond donors (Lipinski definition) is 6. The van der Waals surface area contributed by atoms with Crippen LogP contribution in [0.2, 0.25) is 0 Å². The summed E-state index contributed by atoms with van der Waals surface area (Å²) in [7, 11) is 0. The van der Waals surface area contributed by atoms with Crippen LogP contribution in [0.25, 0.3) is 16.5 Å². The number of aromatic nitrogens is 4. The summed E-state index contributed by atoms with van der Waals surface area (Å²) in [4.78, 5) is 21.6. The Hall–Kier alpha value is -6.30. The highest BCUT2D eigenvalue weighted by molar-refractivity contribution is 6.07. The van der Waals surface area contributed by atoms with Crippen molar-refractivity contribution >= 4 is 39.9 Å². The molecule has 0 saturated carbocycles. The minimum atomic E-state index is -0.531. The van der Waals surface area contributed by atoms with E-state index in [4.69, 9.17) is 4.74 Å². The van der Waals surface area contributed by atoms with Crippen LogP contribution in [0, 0.1) is 6.92 Å². The van der Waals surface area contributed by atoms with E-state index in [0.29, 0.717) is 33.6 Å². The van der Waals surface area contributed by atoms with Gasteiger partial charge < -0.3 is 30.7 Å². The van der Waals surface area contributed by atoms with E-state index in [-0.39, 0.29) is 35.0 Å². The molecule has 0 bridgehead atoms. The van der Waals surface area contributed by atoms with Gasteiger partial charge in [0.1, 0.15) is 23.1 Å². The van der Waals surface area contributed by atoms with Crippen LogP contribution < -0.4 is 20.7 Å². The van der Waals surface area contributed by atoms with E-state index < -0.39 is 6.03 Å². The maximum absolute atomic E-state index is 13.0. The number of ether oxygens (including phenoxy) is 1. The quantitative estimate of drug-likeness (QED) is 0.0930. The molecule has 0 saturated heterocycles. The molecule has 6 aromatic rings. The normalized spacial score (nSPS) is 10.8. The van der Waals surface area contributed by atoms with Crippen LogP contribution in [0.3, 0.4) is 0 Å². The Balaban J connectivity index is 1.21. The van der Waals surface area contributed by atoms with Gasteiger partial charge >= 0.3 is 6.03 Å². The molecule has 2 heterocycles. The molecule has 0 unspecified atom stereocenters. The lowest BCUT2D eigenvalue weighted by Gasteiger charge is -2.14. The Labute approximate surface area is 244 Å². The molecule has 214 valence electrons. The maximum Gasteiger partial charge on any atom is 0.324 e. The molecule has 12 heteroatoms. The van der Waals surface area contributed by atoms with Crippen molar-refractivity contribution < 1.29 is 24.9 Å². The number of aromatic hydroxyl groups is 3. The van der Waals surface area contributed by atoms with Gasteiger partial charge in [-0.1, -0.05) is 42.0 Å². The van der Waals surface area contributed by atoms with E-state index in [0.717, 1.165) is 5.56 Å². The first-order chi connectivity index (χ1) is 20.8. The molecule has 0 spiro atoms. The molecule has 0 aliphatic heterocycles. The van der Waals surface area contributed by atoms with Crippen LogP contribution >= 0.6 is 0 Å². The molecule has 12 nitrogen and oxygen atoms in total. The molecule has 0 fully saturated rings. The van der Waals surface area contributed by atoms with Gasteiger partial charge in [-0.25, -0.2) is 14.5 Å². The summed E-state index contributed by atoms with van der Waals surface area (Å²) < 4.78 is 7.53. The van der Waals surface area contributed by atoms with E-state index in [1.165, 1.54) is 35.1 Å². The summed E-state index contributed by atoms with van der Waals surface area (Å²) in [5, 5.41) is 43.6. The van der Waals surface area contributed by atoms with Crippen LogP contribution in [0.5, 0.6) is 29.0 Å². The first-order valence-electron chi connectivity index (χ1n) is 13.1. The van der Waals surface area contributed by atoms with Crippen LogP contribution in [-0.4, -0.2) is 41.1 Å². The summed E-state index contributed by atoms with van der Waals surface area (Å²) in [6, 6.07) is 24.8. The van der Waals surface area contributed by atoms with Gasteiger partial charge in [0.2, 0.25) is 17.7 Å². The van der Waals surface area contributed by atoms with Gasteiger partial charge in [-0.2, -0.15) is 4.98 Å². The number of amides is 2. The molecule has 6 N–H and O–H groups in total. The Morgan fingerprint density at radius 2 is 1.60 bits per heavy atom. The van der Waals surface area contributed by atoms with Crippen LogP contribution in [0.1, 0.15) is 5.56 Å². The van der Waals surface area contributed by atoms with Gasteiger partial charge in [0.05, 0.1) is 17.1 Å². The van der Waals surface area contributed by atoms with Crippen molar-refractivity contribution in [2.45, 2.75) is 6.92 Å². The number of hydrogen-bond acceptors (Lipinski definition) is 9. The Morgan fingerprint density at radius 3 is 2.40 bits per heavy atom. The molecular weight excluding hydrogens is 550 g/mol. The molecule has 2 amide bonds. The zero-order chi connectivity index (χ0) is 29.9. The van der Waals surface area contributed by atoms with E-state index in [1.54, 1.807) is 18.2 Å². The van der Waals surface area contributed by atoms with Crippen molar-refractivity contribution in [1.82, 2.24) is 19.7 Å². The SMILES string of the molecule is Cc1ccc(-n2nc(O)cc2NC(=O)Nc2ccc(Oc3ccnc(Nc4ccc(O)cc4O)n3)c3ccccc23)cc1. The number of carbonyl (C=O) groups is 1. The van der Waals surface area contributed by atoms with E-state index in [1.807, 2.05) is 55.5 Å². The lowest BCUT2D eigenvalue weighted by Crippen LogP contribution is -2.21. The number of rotatable bonds is 7. The number of nitrogens with zero attached hydrogens (tertiary/aromatic N) is 4. The highest BCUT2D eigenvalue weighted by Crippen LogP contribution is 2.35. The van der Waals surface area contributed by atoms with Crippen molar-refractivity contribution in [3.8, 4) is 34.7 Å². The largest absolute Gasteiger partial charge is 0.508 e. The van der Waals surface area contributed by atoms with Crippen molar-refractivity contribution in [3.63, 3.8) is 0 Å². The second-order valence-corrected chi connectivity index (χ2v) is 9.52. The summed E-state index contributed by atoms with van der Waals surface area (Å²) in [5.41, 5.74) is 2.58. The van der Waals surface area contributed by atoms with Crippen molar-refractivity contribution in [1.29, 1.82) is 0 Å². The minimum absolute atomic E-state index is 0.0727. The number of fused-ring (bicyclic) bond motifs is 1. The molecule has 2 aromatic heterocycles. The van der Waals surface area contributed by atoms with E-state index >= 15 is 0 Å². The molecule has 6 rings (SSSR count). The van der Waals surface area contributed by atoms with Gasteiger partial charge in [-0.3, -0.25) is 5.32 Å². The summed E-state index contributed by atoms with van der Waals surface area (Å²) in [5.74, 6) is 0.724. The number of phenolic OH excluding ortho intramolecular Hbond substituents is 2. The molecule has 0 aliphatic rings. The number of aryl methyl sites for hydroxylation is 1. The number of carbonyl (C=O) groups excluding carboxylic acids is 1. The molecule has 0 atom stereocenters. The number of anilines is 4. The van der Waals surface area contributed by atoms with Gasteiger partial charge in [0, 0.05) is 35.2 Å².